The second-order valence-electron chi connectivity index (χ2n) is 7.49. The summed E-state index contributed by atoms with van der Waals surface area (Å²) in [7, 11) is 0. The Morgan fingerprint density at radius 1 is 1.17 bits per heavy atom. The largest absolute Gasteiger partial charge is 0.379 e. The van der Waals surface area contributed by atoms with Gasteiger partial charge in [0.1, 0.15) is 11.5 Å². The molecule has 2 saturated heterocycles. The van der Waals surface area contributed by atoms with E-state index < -0.39 is 0 Å². The number of aryl methyl sites for hydroxylation is 2. The topological polar surface area (TPSA) is 80.7 Å². The van der Waals surface area contributed by atoms with Crippen molar-refractivity contribution in [2.75, 3.05) is 46.0 Å². The molecule has 0 saturated carbocycles. The average Bonchev–Trinajstić information content (AvgIpc) is 2.74. The van der Waals surface area contributed by atoms with E-state index in [-0.39, 0.29) is 18.1 Å². The van der Waals surface area contributed by atoms with E-state index in [1.165, 1.54) is 0 Å². The Morgan fingerprint density at radius 3 is 2.72 bits per heavy atom. The van der Waals surface area contributed by atoms with Gasteiger partial charge in [0.2, 0.25) is 0 Å². The SMILES string of the molecule is Cc1cc(C(=O)N2CCO[C@@H](CN3CCOCC3)[C@@H]2c2cccnc2)nc(C)n1. The molecule has 0 radical (unpaired) electrons. The van der Waals surface area contributed by atoms with E-state index in [1.807, 2.05) is 37.1 Å². The van der Waals surface area contributed by atoms with Crippen LogP contribution in [-0.4, -0.2) is 82.8 Å². The summed E-state index contributed by atoms with van der Waals surface area (Å²) in [5.41, 5.74) is 2.19. The zero-order valence-electron chi connectivity index (χ0n) is 17.0. The van der Waals surface area contributed by atoms with E-state index in [9.17, 15) is 4.79 Å². The fourth-order valence-corrected chi connectivity index (χ4v) is 4.07. The Morgan fingerprint density at radius 2 is 2.00 bits per heavy atom. The fourth-order valence-electron chi connectivity index (χ4n) is 4.07. The summed E-state index contributed by atoms with van der Waals surface area (Å²) in [6.45, 7) is 8.65. The molecule has 4 rings (SSSR count). The number of amides is 1. The van der Waals surface area contributed by atoms with Crippen LogP contribution in [0.4, 0.5) is 0 Å². The van der Waals surface area contributed by atoms with Gasteiger partial charge in [0.25, 0.3) is 5.91 Å². The molecule has 1 amide bonds. The third-order valence-corrected chi connectivity index (χ3v) is 5.37. The highest BCUT2D eigenvalue weighted by molar-refractivity contribution is 5.92. The summed E-state index contributed by atoms with van der Waals surface area (Å²) in [6.07, 6.45) is 3.43. The van der Waals surface area contributed by atoms with Gasteiger partial charge in [-0.15, -0.1) is 0 Å². The van der Waals surface area contributed by atoms with Gasteiger partial charge in [-0.3, -0.25) is 14.7 Å². The van der Waals surface area contributed by atoms with Crippen LogP contribution in [0.25, 0.3) is 0 Å². The number of carbonyl (C=O) groups is 1. The lowest BCUT2D eigenvalue weighted by Gasteiger charge is -2.43. The molecule has 2 aromatic heterocycles. The fraction of sp³-hybridized carbons (Fsp3) is 0.524. The van der Waals surface area contributed by atoms with Gasteiger partial charge in [-0.1, -0.05) is 6.07 Å². The van der Waals surface area contributed by atoms with Crippen LogP contribution < -0.4 is 0 Å². The summed E-state index contributed by atoms with van der Waals surface area (Å²) >= 11 is 0. The maximum Gasteiger partial charge on any atom is 0.273 e. The third kappa shape index (κ3) is 4.60. The monoisotopic (exact) mass is 397 g/mol. The number of ether oxygens (including phenoxy) is 2. The van der Waals surface area contributed by atoms with Crippen molar-refractivity contribution in [3.8, 4) is 0 Å². The second-order valence-corrected chi connectivity index (χ2v) is 7.49. The van der Waals surface area contributed by atoms with E-state index in [0.29, 0.717) is 24.7 Å². The molecule has 2 aliphatic heterocycles. The maximum atomic E-state index is 13.5. The molecule has 4 heterocycles. The summed E-state index contributed by atoms with van der Waals surface area (Å²) in [6, 6.07) is 5.44. The van der Waals surface area contributed by atoms with Crippen molar-refractivity contribution >= 4 is 5.91 Å². The Bertz CT molecular complexity index is 821. The molecule has 2 atom stereocenters. The minimum Gasteiger partial charge on any atom is -0.379 e. The van der Waals surface area contributed by atoms with E-state index in [1.54, 1.807) is 12.3 Å². The first-order valence-electron chi connectivity index (χ1n) is 10.1. The number of nitrogens with zero attached hydrogens (tertiary/aromatic N) is 5. The molecule has 0 unspecified atom stereocenters. The molecule has 8 nitrogen and oxygen atoms in total. The number of hydrogen-bond donors (Lipinski definition) is 0. The number of carbonyl (C=O) groups excluding carboxylic acids is 1. The quantitative estimate of drug-likeness (QED) is 0.771. The van der Waals surface area contributed by atoms with Gasteiger partial charge in [-0.25, -0.2) is 9.97 Å². The lowest BCUT2D eigenvalue weighted by Crippen LogP contribution is -2.53. The number of rotatable bonds is 4. The van der Waals surface area contributed by atoms with Crippen molar-refractivity contribution in [3.05, 3.63) is 53.4 Å². The van der Waals surface area contributed by atoms with Crippen molar-refractivity contribution in [2.24, 2.45) is 0 Å². The molecule has 2 fully saturated rings. The molecule has 0 N–H and O–H groups in total. The standard InChI is InChI=1S/C21H27N5O3/c1-15-12-18(24-16(2)23-15)21(27)26-8-11-29-19(14-25-6-9-28-10-7-25)20(26)17-4-3-5-22-13-17/h3-5,12-13,19-20H,6-11,14H2,1-2H3/t19-,20-/m0/s1. The van der Waals surface area contributed by atoms with Crippen LogP contribution in [0.1, 0.15) is 33.6 Å². The van der Waals surface area contributed by atoms with E-state index >= 15 is 0 Å². The first kappa shape index (κ1) is 19.9. The zero-order valence-corrected chi connectivity index (χ0v) is 17.0. The zero-order chi connectivity index (χ0) is 20.2. The first-order chi connectivity index (χ1) is 14.1. The van der Waals surface area contributed by atoms with E-state index in [0.717, 1.165) is 44.1 Å². The average molecular weight is 397 g/mol. The molecule has 0 bridgehead atoms. The van der Waals surface area contributed by atoms with Crippen molar-refractivity contribution in [3.63, 3.8) is 0 Å². The molecule has 0 aliphatic carbocycles. The van der Waals surface area contributed by atoms with Crippen molar-refractivity contribution in [1.29, 1.82) is 0 Å². The van der Waals surface area contributed by atoms with Crippen molar-refractivity contribution < 1.29 is 14.3 Å². The molecule has 0 aromatic carbocycles. The van der Waals surface area contributed by atoms with Crippen LogP contribution in [0.15, 0.2) is 30.6 Å². The Balaban J connectivity index is 1.64. The minimum absolute atomic E-state index is 0.0947. The highest BCUT2D eigenvalue weighted by Crippen LogP contribution is 2.31. The minimum atomic E-state index is -0.219. The normalized spacial score (nSPS) is 23.2. The Labute approximate surface area is 170 Å². The second kappa shape index (κ2) is 8.94. The van der Waals surface area contributed by atoms with Crippen LogP contribution in [0.2, 0.25) is 0 Å². The molecule has 2 aliphatic rings. The number of morpholine rings is 2. The van der Waals surface area contributed by atoms with Gasteiger partial charge in [0, 0.05) is 44.3 Å². The molecule has 0 spiro atoms. The lowest BCUT2D eigenvalue weighted by atomic mass is 9.98. The summed E-state index contributed by atoms with van der Waals surface area (Å²) in [4.78, 5) is 30.6. The Hall–Kier alpha value is -2.42. The Kier molecular flexibility index (Phi) is 6.13. The number of aromatic nitrogens is 3. The molecule has 29 heavy (non-hydrogen) atoms. The van der Waals surface area contributed by atoms with Crippen molar-refractivity contribution in [2.45, 2.75) is 26.0 Å². The summed E-state index contributed by atoms with van der Waals surface area (Å²) in [5, 5.41) is 0. The van der Waals surface area contributed by atoms with Gasteiger partial charge in [-0.2, -0.15) is 0 Å². The highest BCUT2D eigenvalue weighted by atomic mass is 16.5. The maximum absolute atomic E-state index is 13.5. The smallest absolute Gasteiger partial charge is 0.273 e. The number of hydrogen-bond acceptors (Lipinski definition) is 7. The lowest BCUT2D eigenvalue weighted by molar-refractivity contribution is -0.0820. The van der Waals surface area contributed by atoms with Crippen LogP contribution in [0, 0.1) is 13.8 Å². The molecular formula is C21H27N5O3. The van der Waals surface area contributed by atoms with E-state index in [2.05, 4.69) is 19.9 Å². The van der Waals surface area contributed by atoms with Crippen LogP contribution in [-0.2, 0) is 9.47 Å². The predicted octanol–water partition coefficient (Wildman–Crippen LogP) is 1.40. The molecule has 8 heteroatoms. The molecule has 154 valence electrons. The first-order valence-corrected chi connectivity index (χ1v) is 10.1. The van der Waals surface area contributed by atoms with Crippen molar-refractivity contribution in [1.82, 2.24) is 24.8 Å². The van der Waals surface area contributed by atoms with Gasteiger partial charge >= 0.3 is 0 Å². The van der Waals surface area contributed by atoms with Gasteiger partial charge in [-0.05, 0) is 31.5 Å². The van der Waals surface area contributed by atoms with E-state index in [4.69, 9.17) is 9.47 Å². The van der Waals surface area contributed by atoms with Crippen LogP contribution in [0.5, 0.6) is 0 Å². The summed E-state index contributed by atoms with van der Waals surface area (Å²) < 4.78 is 11.6. The molecular weight excluding hydrogens is 370 g/mol. The highest BCUT2D eigenvalue weighted by Gasteiger charge is 2.38. The van der Waals surface area contributed by atoms with Crippen LogP contribution in [0.3, 0.4) is 0 Å². The van der Waals surface area contributed by atoms with Crippen LogP contribution >= 0.6 is 0 Å². The predicted molar refractivity (Wildman–Crippen MR) is 107 cm³/mol. The van der Waals surface area contributed by atoms with Gasteiger partial charge in [0.05, 0.1) is 32.0 Å². The van der Waals surface area contributed by atoms with Gasteiger partial charge < -0.3 is 14.4 Å². The molecule has 2 aromatic rings. The summed E-state index contributed by atoms with van der Waals surface area (Å²) in [5.74, 6) is 0.507. The van der Waals surface area contributed by atoms with Gasteiger partial charge in [0.15, 0.2) is 0 Å². The third-order valence-electron chi connectivity index (χ3n) is 5.37. The number of pyridine rings is 1.